The van der Waals surface area contributed by atoms with Crippen molar-refractivity contribution in [1.82, 2.24) is 5.32 Å². The SMILES string of the molecule is CCNC1CCC(OCC(=O)Nc2ccccc2Cl)CC1. The first-order valence-electron chi connectivity index (χ1n) is 7.58. The molecule has 0 saturated heterocycles. The maximum Gasteiger partial charge on any atom is 0.250 e. The maximum absolute atomic E-state index is 11.9. The number of ether oxygens (including phenoxy) is 1. The van der Waals surface area contributed by atoms with Gasteiger partial charge in [0.1, 0.15) is 6.61 Å². The van der Waals surface area contributed by atoms with E-state index >= 15 is 0 Å². The minimum Gasteiger partial charge on any atom is -0.368 e. The molecular weight excluding hydrogens is 288 g/mol. The molecule has 0 atom stereocenters. The van der Waals surface area contributed by atoms with Crippen molar-refractivity contribution < 1.29 is 9.53 Å². The predicted octanol–water partition coefficient (Wildman–Crippen LogP) is 3.22. The van der Waals surface area contributed by atoms with E-state index in [1.54, 1.807) is 12.1 Å². The molecule has 21 heavy (non-hydrogen) atoms. The van der Waals surface area contributed by atoms with Crippen molar-refractivity contribution in [3.05, 3.63) is 29.3 Å². The average Bonchev–Trinajstić information content (AvgIpc) is 2.49. The fourth-order valence-electron chi connectivity index (χ4n) is 2.66. The summed E-state index contributed by atoms with van der Waals surface area (Å²) in [6.07, 6.45) is 4.44. The molecule has 1 saturated carbocycles. The number of para-hydroxylation sites is 1. The lowest BCUT2D eigenvalue weighted by Crippen LogP contribution is -2.36. The summed E-state index contributed by atoms with van der Waals surface area (Å²) in [6.45, 7) is 3.22. The van der Waals surface area contributed by atoms with Crippen molar-refractivity contribution in [3.63, 3.8) is 0 Å². The molecule has 2 rings (SSSR count). The molecule has 0 bridgehead atoms. The summed E-state index contributed by atoms with van der Waals surface area (Å²) in [4.78, 5) is 11.9. The van der Waals surface area contributed by atoms with Crippen molar-refractivity contribution in [1.29, 1.82) is 0 Å². The third-order valence-corrected chi connectivity index (χ3v) is 4.09. The van der Waals surface area contributed by atoms with Gasteiger partial charge in [-0.05, 0) is 44.4 Å². The second-order valence-electron chi connectivity index (χ2n) is 5.37. The van der Waals surface area contributed by atoms with Gasteiger partial charge in [0.15, 0.2) is 0 Å². The predicted molar refractivity (Wildman–Crippen MR) is 85.8 cm³/mol. The summed E-state index contributed by atoms with van der Waals surface area (Å²) in [5.74, 6) is -0.156. The molecule has 0 heterocycles. The van der Waals surface area contributed by atoms with Gasteiger partial charge < -0.3 is 15.4 Å². The monoisotopic (exact) mass is 310 g/mol. The first kappa shape index (κ1) is 16.3. The molecule has 4 nitrogen and oxygen atoms in total. The van der Waals surface area contributed by atoms with Gasteiger partial charge in [0.05, 0.1) is 16.8 Å². The Balaban J connectivity index is 1.69. The molecule has 0 aromatic heterocycles. The van der Waals surface area contributed by atoms with Crippen molar-refractivity contribution in [3.8, 4) is 0 Å². The summed E-state index contributed by atoms with van der Waals surface area (Å²) >= 11 is 6.00. The Bertz CT molecular complexity index is 459. The largest absolute Gasteiger partial charge is 0.368 e. The highest BCUT2D eigenvalue weighted by atomic mass is 35.5. The lowest BCUT2D eigenvalue weighted by Gasteiger charge is -2.28. The zero-order valence-electron chi connectivity index (χ0n) is 12.4. The van der Waals surface area contributed by atoms with Gasteiger partial charge in [-0.25, -0.2) is 0 Å². The third-order valence-electron chi connectivity index (χ3n) is 3.77. The molecule has 5 heteroatoms. The molecule has 1 fully saturated rings. The zero-order chi connectivity index (χ0) is 15.1. The van der Waals surface area contributed by atoms with Gasteiger partial charge in [-0.1, -0.05) is 30.7 Å². The lowest BCUT2D eigenvalue weighted by atomic mass is 9.93. The lowest BCUT2D eigenvalue weighted by molar-refractivity contribution is -0.123. The molecule has 1 aliphatic rings. The number of halogens is 1. The van der Waals surface area contributed by atoms with Crippen LogP contribution in [0.5, 0.6) is 0 Å². The van der Waals surface area contributed by atoms with Gasteiger partial charge in [0.25, 0.3) is 0 Å². The minimum absolute atomic E-state index is 0.0851. The van der Waals surface area contributed by atoms with E-state index in [2.05, 4.69) is 17.6 Å². The fourth-order valence-corrected chi connectivity index (χ4v) is 2.85. The summed E-state index contributed by atoms with van der Waals surface area (Å²) in [7, 11) is 0. The van der Waals surface area contributed by atoms with Crippen LogP contribution in [-0.4, -0.2) is 31.2 Å². The van der Waals surface area contributed by atoms with Crippen LogP contribution in [0.15, 0.2) is 24.3 Å². The average molecular weight is 311 g/mol. The van der Waals surface area contributed by atoms with E-state index in [1.807, 2.05) is 12.1 Å². The van der Waals surface area contributed by atoms with Crippen molar-refractivity contribution >= 4 is 23.2 Å². The van der Waals surface area contributed by atoms with E-state index in [0.717, 1.165) is 32.2 Å². The van der Waals surface area contributed by atoms with Gasteiger partial charge in [-0.2, -0.15) is 0 Å². The Morgan fingerprint density at radius 2 is 2.00 bits per heavy atom. The molecule has 0 aliphatic heterocycles. The van der Waals surface area contributed by atoms with Crippen LogP contribution in [0.3, 0.4) is 0 Å². The number of nitrogens with one attached hydrogen (secondary N) is 2. The Morgan fingerprint density at radius 3 is 2.67 bits per heavy atom. The first-order chi connectivity index (χ1) is 10.2. The van der Waals surface area contributed by atoms with Crippen LogP contribution >= 0.6 is 11.6 Å². The molecular formula is C16H23ClN2O2. The molecule has 1 aromatic carbocycles. The van der Waals surface area contributed by atoms with E-state index in [1.165, 1.54) is 0 Å². The highest BCUT2D eigenvalue weighted by Crippen LogP contribution is 2.22. The van der Waals surface area contributed by atoms with E-state index in [-0.39, 0.29) is 18.6 Å². The van der Waals surface area contributed by atoms with E-state index in [0.29, 0.717) is 16.8 Å². The van der Waals surface area contributed by atoms with Crippen LogP contribution in [0.2, 0.25) is 5.02 Å². The number of anilines is 1. The van der Waals surface area contributed by atoms with Gasteiger partial charge >= 0.3 is 0 Å². The van der Waals surface area contributed by atoms with Crippen LogP contribution in [0.4, 0.5) is 5.69 Å². The van der Waals surface area contributed by atoms with E-state index in [4.69, 9.17) is 16.3 Å². The molecule has 2 N–H and O–H groups in total. The highest BCUT2D eigenvalue weighted by Gasteiger charge is 2.21. The number of hydrogen-bond acceptors (Lipinski definition) is 3. The number of hydrogen-bond donors (Lipinski definition) is 2. The Hall–Kier alpha value is -1.10. The standard InChI is InChI=1S/C16H23ClN2O2/c1-2-18-12-7-9-13(10-8-12)21-11-16(20)19-15-6-4-3-5-14(15)17/h3-6,12-13,18H,2,7-11H2,1H3,(H,19,20). The Labute approximate surface area is 131 Å². The van der Waals surface area contributed by atoms with Crippen molar-refractivity contribution in [2.45, 2.75) is 44.8 Å². The summed E-state index contributed by atoms with van der Waals surface area (Å²) < 4.78 is 5.70. The minimum atomic E-state index is -0.156. The highest BCUT2D eigenvalue weighted by molar-refractivity contribution is 6.33. The van der Waals surface area contributed by atoms with Crippen LogP contribution < -0.4 is 10.6 Å². The molecule has 1 amide bonds. The Kier molecular flexibility index (Phi) is 6.49. The van der Waals surface area contributed by atoms with E-state index < -0.39 is 0 Å². The maximum atomic E-state index is 11.9. The number of carbonyl (C=O) groups excluding carboxylic acids is 1. The third kappa shape index (κ3) is 5.30. The van der Waals surface area contributed by atoms with Crippen LogP contribution in [0.25, 0.3) is 0 Å². The van der Waals surface area contributed by atoms with E-state index in [9.17, 15) is 4.79 Å². The molecule has 1 aliphatic carbocycles. The first-order valence-corrected chi connectivity index (χ1v) is 7.96. The number of rotatable bonds is 6. The quantitative estimate of drug-likeness (QED) is 0.848. The van der Waals surface area contributed by atoms with Crippen molar-refractivity contribution in [2.24, 2.45) is 0 Å². The van der Waals surface area contributed by atoms with Crippen LogP contribution in [0, 0.1) is 0 Å². The van der Waals surface area contributed by atoms with Crippen LogP contribution in [0.1, 0.15) is 32.6 Å². The molecule has 0 radical (unpaired) electrons. The number of amides is 1. The molecule has 0 unspecified atom stereocenters. The topological polar surface area (TPSA) is 50.4 Å². The summed E-state index contributed by atoms with van der Waals surface area (Å²) in [5, 5.41) is 6.77. The van der Waals surface area contributed by atoms with Gasteiger partial charge in [-0.3, -0.25) is 4.79 Å². The molecule has 1 aromatic rings. The van der Waals surface area contributed by atoms with Gasteiger partial charge in [0.2, 0.25) is 5.91 Å². The molecule has 0 spiro atoms. The van der Waals surface area contributed by atoms with Gasteiger partial charge in [0, 0.05) is 6.04 Å². The normalized spacial score (nSPS) is 22.0. The zero-order valence-corrected chi connectivity index (χ0v) is 13.2. The smallest absolute Gasteiger partial charge is 0.250 e. The van der Waals surface area contributed by atoms with Crippen LogP contribution in [-0.2, 0) is 9.53 Å². The second-order valence-corrected chi connectivity index (χ2v) is 5.78. The molecule has 116 valence electrons. The number of carbonyl (C=O) groups is 1. The number of benzene rings is 1. The summed E-state index contributed by atoms with van der Waals surface area (Å²) in [5.41, 5.74) is 0.628. The second kappa shape index (κ2) is 8.37. The summed E-state index contributed by atoms with van der Waals surface area (Å²) in [6, 6.07) is 7.80. The fraction of sp³-hybridized carbons (Fsp3) is 0.562. The van der Waals surface area contributed by atoms with Gasteiger partial charge in [-0.15, -0.1) is 0 Å². The Morgan fingerprint density at radius 1 is 1.29 bits per heavy atom. The van der Waals surface area contributed by atoms with Crippen molar-refractivity contribution in [2.75, 3.05) is 18.5 Å².